The Kier molecular flexibility index (Phi) is 6.43. The first-order valence-electron chi connectivity index (χ1n) is 12.3. The summed E-state index contributed by atoms with van der Waals surface area (Å²) in [5.74, 6) is 1.81. The van der Waals surface area contributed by atoms with E-state index in [0.717, 1.165) is 0 Å². The first-order chi connectivity index (χ1) is 15.7. The van der Waals surface area contributed by atoms with Crippen LogP contribution in [-0.4, -0.2) is 0 Å². The van der Waals surface area contributed by atoms with Gasteiger partial charge in [0.1, 0.15) is 7.05 Å². The van der Waals surface area contributed by atoms with E-state index in [1.54, 1.807) is 0 Å². The molecule has 0 saturated carbocycles. The molecule has 0 aliphatic carbocycles. The van der Waals surface area contributed by atoms with E-state index >= 15 is 0 Å². The molecule has 0 spiro atoms. The van der Waals surface area contributed by atoms with Crippen LogP contribution in [0, 0.1) is 32.6 Å². The molecule has 1 heterocycles. The molecule has 33 heavy (non-hydrogen) atoms. The molecule has 1 nitrogen and oxygen atoms in total. The largest absolute Gasteiger partial charge is 0.220 e. The first kappa shape index (κ1) is 23.2. The van der Waals surface area contributed by atoms with Crippen molar-refractivity contribution < 1.29 is 4.57 Å². The lowest BCUT2D eigenvalue weighted by molar-refractivity contribution is -0.665. The molecule has 0 aliphatic heterocycles. The number of rotatable bonds is 5. The van der Waals surface area contributed by atoms with E-state index in [4.69, 9.17) is 0 Å². The van der Waals surface area contributed by atoms with E-state index in [9.17, 15) is 0 Å². The quantitative estimate of drug-likeness (QED) is 0.277. The summed E-state index contributed by atoms with van der Waals surface area (Å²) in [5.41, 5.74) is 10.6. The zero-order chi connectivity index (χ0) is 23.9. The van der Waals surface area contributed by atoms with E-state index < -0.39 is 0 Å². The molecule has 3 aromatic carbocycles. The zero-order valence-electron chi connectivity index (χ0n) is 21.5. The van der Waals surface area contributed by atoms with E-state index in [0.29, 0.717) is 17.8 Å². The molecule has 0 amide bonds. The maximum atomic E-state index is 2.44. The van der Waals surface area contributed by atoms with E-state index in [1.807, 2.05) is 0 Å². The van der Waals surface area contributed by atoms with Crippen molar-refractivity contribution in [1.82, 2.24) is 0 Å². The molecule has 0 N–H and O–H groups in total. The van der Waals surface area contributed by atoms with Gasteiger partial charge in [-0.2, -0.15) is 4.57 Å². The minimum absolute atomic E-state index is 0.567. The smallest absolute Gasteiger partial charge is 0.198 e. The Morgan fingerprint density at radius 3 is 2.00 bits per heavy atom. The van der Waals surface area contributed by atoms with Gasteiger partial charge in [0.2, 0.25) is 5.69 Å². The summed E-state index contributed by atoms with van der Waals surface area (Å²) in [6, 6.07) is 24.9. The summed E-state index contributed by atoms with van der Waals surface area (Å²) in [5, 5.41) is 2.66. The van der Waals surface area contributed by atoms with Gasteiger partial charge < -0.3 is 0 Å². The van der Waals surface area contributed by atoms with Crippen molar-refractivity contribution in [2.24, 2.45) is 18.9 Å². The Labute approximate surface area is 200 Å². The van der Waals surface area contributed by atoms with Crippen LogP contribution in [0.5, 0.6) is 0 Å². The zero-order valence-corrected chi connectivity index (χ0v) is 21.5. The third kappa shape index (κ3) is 4.34. The van der Waals surface area contributed by atoms with E-state index in [2.05, 4.69) is 127 Å². The molecule has 4 rings (SSSR count). The number of pyridine rings is 1. The van der Waals surface area contributed by atoms with Crippen molar-refractivity contribution in [3.63, 3.8) is 0 Å². The maximum absolute atomic E-state index is 2.44. The molecule has 170 valence electrons. The van der Waals surface area contributed by atoms with Gasteiger partial charge in [-0.15, -0.1) is 0 Å². The topological polar surface area (TPSA) is 3.88 Å². The van der Waals surface area contributed by atoms with Gasteiger partial charge in [0.25, 0.3) is 0 Å². The third-order valence-corrected chi connectivity index (χ3v) is 7.41. The van der Waals surface area contributed by atoms with Crippen molar-refractivity contribution in [3.8, 4) is 22.4 Å². The number of aromatic nitrogens is 1. The average Bonchev–Trinajstić information content (AvgIpc) is 2.77. The van der Waals surface area contributed by atoms with E-state index in [1.165, 1.54) is 55.5 Å². The van der Waals surface area contributed by atoms with Gasteiger partial charge >= 0.3 is 0 Å². The lowest BCUT2D eigenvalue weighted by Gasteiger charge is -2.26. The summed E-state index contributed by atoms with van der Waals surface area (Å²) in [6.07, 6.45) is 0. The first-order valence-corrected chi connectivity index (χ1v) is 12.3. The molecule has 1 aromatic heterocycles. The number of nitrogens with zero attached hydrogens (tertiary/aromatic N) is 1. The molecular formula is C32H38N+. The Balaban J connectivity index is 1.98. The van der Waals surface area contributed by atoms with Gasteiger partial charge in [-0.05, 0) is 76.9 Å². The van der Waals surface area contributed by atoms with Crippen molar-refractivity contribution in [1.29, 1.82) is 0 Å². The van der Waals surface area contributed by atoms with Crippen molar-refractivity contribution in [3.05, 3.63) is 89.1 Å². The summed E-state index contributed by atoms with van der Waals surface area (Å²) in [6.45, 7) is 16.1. The summed E-state index contributed by atoms with van der Waals surface area (Å²) < 4.78 is 2.36. The number of fused-ring (bicyclic) bond motifs is 1. The fourth-order valence-corrected chi connectivity index (χ4v) is 5.57. The molecule has 0 radical (unpaired) electrons. The predicted octanol–water partition coefficient (Wildman–Crippen LogP) is 8.32. The fraction of sp³-hybridized carbons (Fsp3) is 0.344. The Morgan fingerprint density at radius 2 is 1.36 bits per heavy atom. The van der Waals surface area contributed by atoms with Crippen molar-refractivity contribution in [2.75, 3.05) is 0 Å². The summed E-state index contributed by atoms with van der Waals surface area (Å²) in [4.78, 5) is 0. The number of aryl methyl sites for hydroxylation is 2. The molecule has 1 heteroatoms. The minimum Gasteiger partial charge on any atom is -0.198 e. The molecule has 0 aliphatic rings. The van der Waals surface area contributed by atoms with E-state index in [-0.39, 0.29) is 0 Å². The lowest BCUT2D eigenvalue weighted by atomic mass is 9.79. The minimum atomic E-state index is 0.567. The Bertz CT molecular complexity index is 1290. The van der Waals surface area contributed by atoms with Crippen molar-refractivity contribution in [2.45, 2.75) is 54.4 Å². The van der Waals surface area contributed by atoms with Crippen LogP contribution >= 0.6 is 0 Å². The van der Waals surface area contributed by atoms with Gasteiger partial charge in [0.05, 0.1) is 10.9 Å². The molecule has 0 bridgehead atoms. The highest BCUT2D eigenvalue weighted by Crippen LogP contribution is 2.37. The number of hydrogen-bond donors (Lipinski definition) is 0. The standard InChI is InChI=1S/C32H38N/c1-20(2)31(21(3)4)26-14-15-29-28(18-26)17-23(6)33(8)32(29)30-19-27(16-22(5)24(30)7)25-12-10-9-11-13-25/h9-21,31H,1-8H3/q+1. The number of hydrogen-bond acceptors (Lipinski definition) is 0. The van der Waals surface area contributed by atoms with Gasteiger partial charge in [-0.3, -0.25) is 0 Å². The van der Waals surface area contributed by atoms with Crippen LogP contribution < -0.4 is 4.57 Å². The molecular weight excluding hydrogens is 398 g/mol. The summed E-state index contributed by atoms with van der Waals surface area (Å²) >= 11 is 0. The monoisotopic (exact) mass is 436 g/mol. The van der Waals surface area contributed by atoms with Crippen LogP contribution in [-0.2, 0) is 7.05 Å². The molecule has 0 atom stereocenters. The van der Waals surface area contributed by atoms with Crippen molar-refractivity contribution >= 4 is 10.8 Å². The number of benzene rings is 3. The van der Waals surface area contributed by atoms with Gasteiger partial charge in [0.15, 0.2) is 5.69 Å². The Morgan fingerprint density at radius 1 is 0.697 bits per heavy atom. The van der Waals surface area contributed by atoms with Crippen LogP contribution in [0.2, 0.25) is 0 Å². The average molecular weight is 437 g/mol. The highest BCUT2D eigenvalue weighted by atomic mass is 14.9. The van der Waals surface area contributed by atoms with Crippen LogP contribution in [0.3, 0.4) is 0 Å². The molecule has 0 fully saturated rings. The molecule has 4 aromatic rings. The maximum Gasteiger partial charge on any atom is 0.220 e. The molecule has 0 unspecified atom stereocenters. The van der Waals surface area contributed by atoms with Crippen LogP contribution in [0.15, 0.2) is 66.7 Å². The van der Waals surface area contributed by atoms with Gasteiger partial charge in [0, 0.05) is 13.0 Å². The predicted molar refractivity (Wildman–Crippen MR) is 143 cm³/mol. The van der Waals surface area contributed by atoms with Crippen LogP contribution in [0.1, 0.15) is 56.0 Å². The normalized spacial score (nSPS) is 11.8. The lowest BCUT2D eigenvalue weighted by Crippen LogP contribution is -2.35. The second kappa shape index (κ2) is 9.14. The van der Waals surface area contributed by atoms with Crippen LogP contribution in [0.4, 0.5) is 0 Å². The van der Waals surface area contributed by atoms with Gasteiger partial charge in [-0.25, -0.2) is 0 Å². The third-order valence-electron chi connectivity index (χ3n) is 7.41. The second-order valence-corrected chi connectivity index (χ2v) is 10.4. The fourth-order valence-electron chi connectivity index (χ4n) is 5.57. The highest BCUT2D eigenvalue weighted by Gasteiger charge is 2.24. The SMILES string of the molecule is Cc1cc(-c2ccccc2)cc(-c2c3ccc(C(C(C)C)C(C)C)cc3cc(C)[n+]2C)c1C. The van der Waals surface area contributed by atoms with Gasteiger partial charge in [-0.1, -0.05) is 76.2 Å². The molecule has 0 saturated heterocycles. The van der Waals surface area contributed by atoms with Crippen LogP contribution in [0.25, 0.3) is 33.2 Å². The second-order valence-electron chi connectivity index (χ2n) is 10.4. The Hall–Kier alpha value is -2.93. The highest BCUT2D eigenvalue weighted by molar-refractivity contribution is 5.95. The summed E-state index contributed by atoms with van der Waals surface area (Å²) in [7, 11) is 2.20.